The number of nitrogens with zero attached hydrogens (tertiary/aromatic N) is 1. The van der Waals surface area contributed by atoms with Crippen molar-refractivity contribution in [2.75, 3.05) is 6.54 Å². The second-order valence-corrected chi connectivity index (χ2v) is 9.24. The number of carbonyl (C=O) groups excluding carboxylic acids is 2. The SMILES string of the molecule is CC1(C(=O)NS(=O)(=O)c2ccccc2C(F)(F)F)CCN1C(=O)Cc1ccsc1. The van der Waals surface area contributed by atoms with Crippen LogP contribution in [0.1, 0.15) is 24.5 Å². The third kappa shape index (κ3) is 4.15. The number of thiophene rings is 1. The molecule has 2 heterocycles. The third-order valence-electron chi connectivity index (χ3n) is 4.85. The van der Waals surface area contributed by atoms with Crippen LogP contribution in [0.3, 0.4) is 0 Å². The van der Waals surface area contributed by atoms with Crippen LogP contribution >= 0.6 is 11.3 Å². The number of amides is 2. The minimum atomic E-state index is -4.91. The van der Waals surface area contributed by atoms with Crippen molar-refractivity contribution in [3.05, 3.63) is 52.2 Å². The Morgan fingerprint density at radius 1 is 1.24 bits per heavy atom. The first-order chi connectivity index (χ1) is 13.4. The predicted octanol–water partition coefficient (Wildman–Crippen LogP) is 2.81. The summed E-state index contributed by atoms with van der Waals surface area (Å²) in [5.74, 6) is -1.40. The lowest BCUT2D eigenvalue weighted by Gasteiger charge is -2.48. The maximum absolute atomic E-state index is 13.1. The second kappa shape index (κ2) is 7.45. The van der Waals surface area contributed by atoms with Crippen LogP contribution in [0, 0.1) is 0 Å². The summed E-state index contributed by atoms with van der Waals surface area (Å²) in [6.45, 7) is 1.65. The van der Waals surface area contributed by atoms with Crippen molar-refractivity contribution in [3.63, 3.8) is 0 Å². The molecular formula is C18H17F3N2O4S2. The van der Waals surface area contributed by atoms with Crippen molar-refractivity contribution in [3.8, 4) is 0 Å². The number of likely N-dealkylation sites (tertiary alicyclic amines) is 1. The first kappa shape index (κ1) is 21.3. The Kier molecular flexibility index (Phi) is 5.48. The molecule has 2 aromatic rings. The highest BCUT2D eigenvalue weighted by Crippen LogP contribution is 2.35. The lowest BCUT2D eigenvalue weighted by molar-refractivity contribution is -0.156. The first-order valence-corrected chi connectivity index (χ1v) is 10.9. The van der Waals surface area contributed by atoms with Gasteiger partial charge in [0.25, 0.3) is 15.9 Å². The molecule has 1 aromatic carbocycles. The van der Waals surface area contributed by atoms with Crippen LogP contribution in [0.15, 0.2) is 46.0 Å². The Morgan fingerprint density at radius 2 is 1.93 bits per heavy atom. The van der Waals surface area contributed by atoms with Crippen LogP contribution in [0.5, 0.6) is 0 Å². The zero-order chi connectivity index (χ0) is 21.4. The summed E-state index contributed by atoms with van der Waals surface area (Å²) in [6, 6.07) is 5.36. The van der Waals surface area contributed by atoms with Crippen molar-refractivity contribution < 1.29 is 31.2 Å². The van der Waals surface area contributed by atoms with Gasteiger partial charge in [-0.05, 0) is 47.9 Å². The highest BCUT2D eigenvalue weighted by atomic mass is 32.2. The van der Waals surface area contributed by atoms with E-state index in [0.717, 1.165) is 23.8 Å². The van der Waals surface area contributed by atoms with Gasteiger partial charge in [-0.15, -0.1) is 0 Å². The van der Waals surface area contributed by atoms with Crippen molar-refractivity contribution in [1.29, 1.82) is 0 Å². The molecule has 156 valence electrons. The lowest BCUT2D eigenvalue weighted by atomic mass is 9.85. The van der Waals surface area contributed by atoms with Gasteiger partial charge in [-0.1, -0.05) is 12.1 Å². The molecule has 0 spiro atoms. The Morgan fingerprint density at radius 3 is 2.48 bits per heavy atom. The van der Waals surface area contributed by atoms with Gasteiger partial charge in [0.05, 0.1) is 16.9 Å². The molecule has 1 aliphatic rings. The number of halogens is 3. The fraction of sp³-hybridized carbons (Fsp3) is 0.333. The van der Waals surface area contributed by atoms with E-state index in [1.807, 2.05) is 0 Å². The highest BCUT2D eigenvalue weighted by molar-refractivity contribution is 7.90. The second-order valence-electron chi connectivity index (χ2n) is 6.81. The van der Waals surface area contributed by atoms with Crippen molar-refractivity contribution in [2.24, 2.45) is 0 Å². The van der Waals surface area contributed by atoms with E-state index in [4.69, 9.17) is 0 Å². The molecule has 1 N–H and O–H groups in total. The van der Waals surface area contributed by atoms with Crippen molar-refractivity contribution in [2.45, 2.75) is 36.4 Å². The molecule has 1 unspecified atom stereocenters. The summed E-state index contributed by atoms with van der Waals surface area (Å²) < 4.78 is 66.1. The van der Waals surface area contributed by atoms with E-state index < -0.39 is 38.1 Å². The van der Waals surface area contributed by atoms with E-state index in [-0.39, 0.29) is 25.3 Å². The summed E-state index contributed by atoms with van der Waals surface area (Å²) in [6.07, 6.45) is -4.65. The first-order valence-electron chi connectivity index (χ1n) is 8.50. The average Bonchev–Trinajstić information content (AvgIpc) is 3.11. The molecule has 6 nitrogen and oxygen atoms in total. The van der Waals surface area contributed by atoms with Gasteiger partial charge >= 0.3 is 6.18 Å². The molecule has 11 heteroatoms. The largest absolute Gasteiger partial charge is 0.417 e. The molecule has 1 saturated heterocycles. The monoisotopic (exact) mass is 446 g/mol. The van der Waals surface area contributed by atoms with Gasteiger partial charge in [0, 0.05) is 6.54 Å². The number of nitrogens with one attached hydrogen (secondary N) is 1. The zero-order valence-electron chi connectivity index (χ0n) is 15.2. The van der Waals surface area contributed by atoms with Crippen LogP contribution in [0.25, 0.3) is 0 Å². The van der Waals surface area contributed by atoms with Gasteiger partial charge < -0.3 is 4.90 Å². The van der Waals surface area contributed by atoms with Gasteiger partial charge in [-0.25, -0.2) is 13.1 Å². The topological polar surface area (TPSA) is 83.6 Å². The molecule has 1 aliphatic heterocycles. The summed E-state index contributed by atoms with van der Waals surface area (Å²) >= 11 is 1.41. The molecule has 1 fully saturated rings. The molecule has 29 heavy (non-hydrogen) atoms. The summed E-state index contributed by atoms with van der Waals surface area (Å²) in [4.78, 5) is 25.3. The summed E-state index contributed by atoms with van der Waals surface area (Å²) in [5.41, 5.74) is -2.06. The molecule has 0 aliphatic carbocycles. The molecular weight excluding hydrogens is 429 g/mol. The Labute approximate surface area is 169 Å². The number of hydrogen-bond donors (Lipinski definition) is 1. The smallest absolute Gasteiger partial charge is 0.328 e. The van der Waals surface area contributed by atoms with Gasteiger partial charge in [0.15, 0.2) is 0 Å². The molecule has 3 rings (SSSR count). The van der Waals surface area contributed by atoms with E-state index >= 15 is 0 Å². The number of benzene rings is 1. The number of sulfonamides is 1. The van der Waals surface area contributed by atoms with E-state index in [1.54, 1.807) is 21.5 Å². The van der Waals surface area contributed by atoms with Gasteiger partial charge in [-0.2, -0.15) is 24.5 Å². The van der Waals surface area contributed by atoms with Crippen molar-refractivity contribution in [1.82, 2.24) is 9.62 Å². The molecule has 1 aromatic heterocycles. The summed E-state index contributed by atoms with van der Waals surface area (Å²) in [7, 11) is -4.79. The van der Waals surface area contributed by atoms with Crippen LogP contribution in [-0.2, 0) is 32.2 Å². The van der Waals surface area contributed by atoms with Crippen LogP contribution in [0.2, 0.25) is 0 Å². The van der Waals surface area contributed by atoms with Crippen molar-refractivity contribution >= 4 is 33.2 Å². The fourth-order valence-electron chi connectivity index (χ4n) is 3.08. The van der Waals surface area contributed by atoms with E-state index in [2.05, 4.69) is 0 Å². The van der Waals surface area contributed by atoms with E-state index in [9.17, 15) is 31.2 Å². The normalized spacial score (nSPS) is 19.5. The van der Waals surface area contributed by atoms with Gasteiger partial charge in [0.1, 0.15) is 5.54 Å². The molecule has 0 bridgehead atoms. The fourth-order valence-corrected chi connectivity index (χ4v) is 5.05. The lowest BCUT2D eigenvalue weighted by Crippen LogP contribution is -2.68. The van der Waals surface area contributed by atoms with Gasteiger partial charge in [0.2, 0.25) is 5.91 Å². The third-order valence-corrected chi connectivity index (χ3v) is 6.97. The summed E-state index contributed by atoms with van der Waals surface area (Å²) in [5, 5.41) is 3.59. The predicted molar refractivity (Wildman–Crippen MR) is 99.5 cm³/mol. The van der Waals surface area contributed by atoms with Crippen LogP contribution in [0.4, 0.5) is 13.2 Å². The Hall–Kier alpha value is -2.40. The maximum Gasteiger partial charge on any atom is 0.417 e. The van der Waals surface area contributed by atoms with Gasteiger partial charge in [-0.3, -0.25) is 9.59 Å². The van der Waals surface area contributed by atoms with Crippen LogP contribution in [-0.4, -0.2) is 37.2 Å². The average molecular weight is 446 g/mol. The minimum Gasteiger partial charge on any atom is -0.328 e. The number of rotatable bonds is 5. The number of carbonyl (C=O) groups is 2. The van der Waals surface area contributed by atoms with Crippen LogP contribution < -0.4 is 4.72 Å². The molecule has 2 amide bonds. The highest BCUT2D eigenvalue weighted by Gasteiger charge is 2.50. The Balaban J connectivity index is 1.80. The molecule has 1 atom stereocenters. The molecule has 0 saturated carbocycles. The van der Waals surface area contributed by atoms with E-state index in [1.165, 1.54) is 23.2 Å². The maximum atomic E-state index is 13.1. The molecule has 0 radical (unpaired) electrons. The Bertz CT molecular complexity index is 1040. The number of hydrogen-bond acceptors (Lipinski definition) is 5. The number of alkyl halides is 3. The zero-order valence-corrected chi connectivity index (χ0v) is 16.8. The standard InChI is InChI=1S/C18H17F3N2O4S2/c1-17(7-8-23(17)15(24)10-12-6-9-28-11-12)16(25)22-29(26,27)14-5-3-2-4-13(14)18(19,20)21/h2-6,9,11H,7-8,10H2,1H3,(H,22,25). The van der Waals surface area contributed by atoms with E-state index in [0.29, 0.717) is 6.07 Å². The quantitative estimate of drug-likeness (QED) is 0.766. The minimum absolute atomic E-state index is 0.0516.